The smallest absolute Gasteiger partial charge is 0.229 e. The van der Waals surface area contributed by atoms with Crippen molar-refractivity contribution in [2.24, 2.45) is 0 Å². The van der Waals surface area contributed by atoms with Crippen LogP contribution in [0.2, 0.25) is 5.02 Å². The maximum atomic E-state index is 13.1. The quantitative estimate of drug-likeness (QED) is 0.664. The number of anilines is 2. The summed E-state index contributed by atoms with van der Waals surface area (Å²) in [6.45, 7) is 0.576. The summed E-state index contributed by atoms with van der Waals surface area (Å²) in [5.74, 6) is -0.169. The first-order chi connectivity index (χ1) is 12.6. The van der Waals surface area contributed by atoms with E-state index in [1.807, 2.05) is 30.3 Å². The molecule has 0 bridgehead atoms. The highest BCUT2D eigenvalue weighted by molar-refractivity contribution is 6.31. The molecule has 3 aromatic rings. The van der Waals surface area contributed by atoms with Crippen LogP contribution in [-0.4, -0.2) is 10.9 Å². The van der Waals surface area contributed by atoms with Crippen molar-refractivity contribution in [2.45, 2.75) is 13.0 Å². The minimum Gasteiger partial charge on any atom is -0.380 e. The summed E-state index contributed by atoms with van der Waals surface area (Å²) in [7, 11) is 0. The third kappa shape index (κ3) is 5.04. The van der Waals surface area contributed by atoms with E-state index in [-0.39, 0.29) is 18.1 Å². The SMILES string of the molecule is O=C(Cc1cccc(F)c1)Nc1ccc(NCc2ccccc2Cl)cn1. The Morgan fingerprint density at radius 1 is 1.08 bits per heavy atom. The molecule has 2 N–H and O–H groups in total. The number of hydrogen-bond donors (Lipinski definition) is 2. The number of benzene rings is 2. The Balaban J connectivity index is 1.54. The van der Waals surface area contributed by atoms with Crippen molar-refractivity contribution in [2.75, 3.05) is 10.6 Å². The molecule has 0 atom stereocenters. The van der Waals surface area contributed by atoms with Gasteiger partial charge in [0.05, 0.1) is 18.3 Å². The van der Waals surface area contributed by atoms with Gasteiger partial charge in [-0.1, -0.05) is 41.9 Å². The van der Waals surface area contributed by atoms with Crippen LogP contribution in [0.4, 0.5) is 15.9 Å². The Kier molecular flexibility index (Phi) is 5.81. The average molecular weight is 370 g/mol. The van der Waals surface area contributed by atoms with Crippen LogP contribution in [0.25, 0.3) is 0 Å². The summed E-state index contributed by atoms with van der Waals surface area (Å²) in [5, 5.41) is 6.63. The maximum absolute atomic E-state index is 13.1. The Hall–Kier alpha value is -2.92. The molecule has 0 aliphatic heterocycles. The van der Waals surface area contributed by atoms with E-state index in [4.69, 9.17) is 11.6 Å². The van der Waals surface area contributed by atoms with Crippen molar-refractivity contribution in [3.05, 3.63) is 88.8 Å². The van der Waals surface area contributed by atoms with Crippen LogP contribution >= 0.6 is 11.6 Å². The zero-order valence-electron chi connectivity index (χ0n) is 13.9. The number of carbonyl (C=O) groups is 1. The molecule has 2 aromatic carbocycles. The molecule has 1 aromatic heterocycles. The number of amides is 1. The second-order valence-electron chi connectivity index (χ2n) is 5.73. The molecule has 0 unspecified atom stereocenters. The lowest BCUT2D eigenvalue weighted by molar-refractivity contribution is -0.115. The van der Waals surface area contributed by atoms with Gasteiger partial charge in [0.1, 0.15) is 11.6 Å². The predicted molar refractivity (Wildman–Crippen MR) is 102 cm³/mol. The van der Waals surface area contributed by atoms with Gasteiger partial charge in [-0.2, -0.15) is 0 Å². The Morgan fingerprint density at radius 2 is 1.92 bits per heavy atom. The van der Waals surface area contributed by atoms with Crippen molar-refractivity contribution in [1.82, 2.24) is 4.98 Å². The second-order valence-corrected chi connectivity index (χ2v) is 6.14. The molecule has 0 aliphatic rings. The lowest BCUT2D eigenvalue weighted by Gasteiger charge is -2.09. The number of hydrogen-bond acceptors (Lipinski definition) is 3. The van der Waals surface area contributed by atoms with Crippen LogP contribution in [-0.2, 0) is 17.8 Å². The zero-order valence-corrected chi connectivity index (χ0v) is 14.6. The van der Waals surface area contributed by atoms with Gasteiger partial charge < -0.3 is 10.6 Å². The first-order valence-electron chi connectivity index (χ1n) is 8.08. The third-order valence-electron chi connectivity index (χ3n) is 3.73. The molecular weight excluding hydrogens is 353 g/mol. The van der Waals surface area contributed by atoms with E-state index >= 15 is 0 Å². The highest BCUT2D eigenvalue weighted by atomic mass is 35.5. The van der Waals surface area contributed by atoms with Crippen molar-refractivity contribution in [3.63, 3.8) is 0 Å². The summed E-state index contributed by atoms with van der Waals surface area (Å²) in [6.07, 6.45) is 1.72. The molecule has 0 aliphatic carbocycles. The van der Waals surface area contributed by atoms with Crippen molar-refractivity contribution < 1.29 is 9.18 Å². The average Bonchev–Trinajstić information content (AvgIpc) is 2.62. The molecule has 0 saturated carbocycles. The number of halogens is 2. The number of pyridine rings is 1. The molecule has 0 saturated heterocycles. The normalized spacial score (nSPS) is 10.4. The van der Waals surface area contributed by atoms with E-state index < -0.39 is 0 Å². The van der Waals surface area contributed by atoms with E-state index in [9.17, 15) is 9.18 Å². The molecule has 132 valence electrons. The fourth-order valence-electron chi connectivity index (χ4n) is 2.43. The number of aromatic nitrogens is 1. The highest BCUT2D eigenvalue weighted by Gasteiger charge is 2.06. The van der Waals surface area contributed by atoms with Crippen LogP contribution in [0.1, 0.15) is 11.1 Å². The molecule has 0 fully saturated rings. The molecule has 0 spiro atoms. The van der Waals surface area contributed by atoms with Gasteiger partial charge in [-0.25, -0.2) is 9.37 Å². The van der Waals surface area contributed by atoms with E-state index in [1.54, 1.807) is 24.4 Å². The Bertz CT molecular complexity index is 900. The van der Waals surface area contributed by atoms with Crippen molar-refractivity contribution in [1.29, 1.82) is 0 Å². The van der Waals surface area contributed by atoms with Crippen LogP contribution in [0.15, 0.2) is 66.9 Å². The van der Waals surface area contributed by atoms with Gasteiger partial charge in [0.15, 0.2) is 0 Å². The molecule has 1 heterocycles. The van der Waals surface area contributed by atoms with Crippen LogP contribution in [0, 0.1) is 5.82 Å². The topological polar surface area (TPSA) is 54.0 Å². The number of nitrogens with zero attached hydrogens (tertiary/aromatic N) is 1. The lowest BCUT2D eigenvalue weighted by Crippen LogP contribution is -2.15. The van der Waals surface area contributed by atoms with Gasteiger partial charge in [-0.05, 0) is 41.5 Å². The van der Waals surface area contributed by atoms with E-state index in [0.29, 0.717) is 22.9 Å². The minimum atomic E-state index is -0.359. The summed E-state index contributed by atoms with van der Waals surface area (Å²) in [5.41, 5.74) is 2.41. The summed E-state index contributed by atoms with van der Waals surface area (Å²) < 4.78 is 13.1. The summed E-state index contributed by atoms with van der Waals surface area (Å²) >= 11 is 6.12. The van der Waals surface area contributed by atoms with Gasteiger partial charge in [0, 0.05) is 11.6 Å². The van der Waals surface area contributed by atoms with Crippen molar-refractivity contribution in [3.8, 4) is 0 Å². The fraction of sp³-hybridized carbons (Fsp3) is 0.100. The van der Waals surface area contributed by atoms with E-state index in [2.05, 4.69) is 15.6 Å². The van der Waals surface area contributed by atoms with Gasteiger partial charge >= 0.3 is 0 Å². The molecule has 0 radical (unpaired) electrons. The molecule has 6 heteroatoms. The molecule has 4 nitrogen and oxygen atoms in total. The van der Waals surface area contributed by atoms with Crippen LogP contribution < -0.4 is 10.6 Å². The molecule has 1 amide bonds. The molecular formula is C20H17ClFN3O. The van der Waals surface area contributed by atoms with Crippen LogP contribution in [0.3, 0.4) is 0 Å². The van der Waals surface area contributed by atoms with Gasteiger partial charge in [-0.3, -0.25) is 4.79 Å². The van der Waals surface area contributed by atoms with E-state index in [0.717, 1.165) is 11.3 Å². The Morgan fingerprint density at radius 3 is 2.65 bits per heavy atom. The van der Waals surface area contributed by atoms with Crippen molar-refractivity contribution >= 4 is 29.0 Å². The monoisotopic (exact) mass is 369 g/mol. The third-order valence-corrected chi connectivity index (χ3v) is 4.09. The van der Waals surface area contributed by atoms with Gasteiger partial charge in [-0.15, -0.1) is 0 Å². The lowest BCUT2D eigenvalue weighted by atomic mass is 10.1. The minimum absolute atomic E-state index is 0.0892. The Labute approximate surface area is 156 Å². The van der Waals surface area contributed by atoms with Gasteiger partial charge in [0.2, 0.25) is 5.91 Å². The first kappa shape index (κ1) is 17.9. The summed E-state index contributed by atoms with van der Waals surface area (Å²) in [4.78, 5) is 16.2. The zero-order chi connectivity index (χ0) is 18.4. The highest BCUT2D eigenvalue weighted by Crippen LogP contribution is 2.17. The van der Waals surface area contributed by atoms with E-state index in [1.165, 1.54) is 12.1 Å². The first-order valence-corrected chi connectivity index (χ1v) is 8.45. The number of carbonyl (C=O) groups excluding carboxylic acids is 1. The second kappa shape index (κ2) is 8.45. The molecule has 26 heavy (non-hydrogen) atoms. The summed E-state index contributed by atoms with van der Waals surface area (Å²) in [6, 6.07) is 17.1. The largest absolute Gasteiger partial charge is 0.380 e. The van der Waals surface area contributed by atoms with Gasteiger partial charge in [0.25, 0.3) is 0 Å². The number of rotatable bonds is 6. The standard InChI is InChI=1S/C20H17ClFN3O/c21-18-7-2-1-5-15(18)12-23-17-8-9-19(24-13-17)25-20(26)11-14-4-3-6-16(22)10-14/h1-10,13,23H,11-12H2,(H,24,25,26). The predicted octanol–water partition coefficient (Wildman–Crippen LogP) is 4.67. The fourth-order valence-corrected chi connectivity index (χ4v) is 2.63. The number of nitrogens with one attached hydrogen (secondary N) is 2. The maximum Gasteiger partial charge on any atom is 0.229 e. The van der Waals surface area contributed by atoms with Crippen LogP contribution in [0.5, 0.6) is 0 Å². The molecule has 3 rings (SSSR count).